The van der Waals surface area contributed by atoms with Crippen molar-refractivity contribution in [1.82, 2.24) is 5.32 Å². The van der Waals surface area contributed by atoms with Crippen molar-refractivity contribution in [3.63, 3.8) is 0 Å². The number of carbonyl (C=O) groups excluding carboxylic acids is 1. The van der Waals surface area contributed by atoms with Crippen LogP contribution >= 0.6 is 0 Å². The fourth-order valence-electron chi connectivity index (χ4n) is 1.27. The van der Waals surface area contributed by atoms with E-state index < -0.39 is 0 Å². The van der Waals surface area contributed by atoms with E-state index in [1.165, 1.54) is 0 Å². The van der Waals surface area contributed by atoms with Gasteiger partial charge in [0.25, 0.3) is 0 Å². The van der Waals surface area contributed by atoms with E-state index in [4.69, 9.17) is 5.73 Å². The van der Waals surface area contributed by atoms with E-state index in [2.05, 4.69) is 19.2 Å². The Hall–Kier alpha value is -0.570. The van der Waals surface area contributed by atoms with Crippen LogP contribution in [0.3, 0.4) is 0 Å². The smallest absolute Gasteiger partial charge is 0.237 e. The lowest BCUT2D eigenvalue weighted by molar-refractivity contribution is -0.123. The standard InChI is InChI=1S/C11H24N2O/c1-5-7-10(12)11(14)13-9(4)8(3)6-2/h8-10H,5-7,12H2,1-4H3,(H,13,14)/t8?,9?,10-/m0/s1. The van der Waals surface area contributed by atoms with E-state index in [9.17, 15) is 4.79 Å². The van der Waals surface area contributed by atoms with Crippen LogP contribution in [0, 0.1) is 5.92 Å². The molecule has 0 radical (unpaired) electrons. The molecule has 0 aliphatic rings. The molecule has 0 saturated heterocycles. The molecular formula is C11H24N2O. The van der Waals surface area contributed by atoms with Crippen molar-refractivity contribution >= 4 is 5.91 Å². The minimum Gasteiger partial charge on any atom is -0.352 e. The van der Waals surface area contributed by atoms with Crippen molar-refractivity contribution in [2.24, 2.45) is 11.7 Å². The number of rotatable bonds is 6. The minimum atomic E-state index is -0.341. The Morgan fingerprint density at radius 3 is 2.36 bits per heavy atom. The largest absolute Gasteiger partial charge is 0.352 e. The lowest BCUT2D eigenvalue weighted by Gasteiger charge is -2.21. The third-order valence-electron chi connectivity index (χ3n) is 2.80. The van der Waals surface area contributed by atoms with E-state index in [1.807, 2.05) is 13.8 Å². The van der Waals surface area contributed by atoms with Gasteiger partial charge in [0, 0.05) is 6.04 Å². The number of nitrogens with two attached hydrogens (primary N) is 1. The number of carbonyl (C=O) groups is 1. The summed E-state index contributed by atoms with van der Waals surface area (Å²) >= 11 is 0. The van der Waals surface area contributed by atoms with Gasteiger partial charge in [0.1, 0.15) is 0 Å². The van der Waals surface area contributed by atoms with Crippen LogP contribution in [-0.4, -0.2) is 18.0 Å². The second-order valence-electron chi connectivity index (χ2n) is 4.08. The van der Waals surface area contributed by atoms with Gasteiger partial charge in [-0.05, 0) is 19.3 Å². The minimum absolute atomic E-state index is 0.0142. The number of nitrogens with one attached hydrogen (secondary N) is 1. The third kappa shape index (κ3) is 4.61. The Morgan fingerprint density at radius 1 is 1.36 bits per heavy atom. The van der Waals surface area contributed by atoms with Gasteiger partial charge < -0.3 is 11.1 Å². The van der Waals surface area contributed by atoms with Gasteiger partial charge in [-0.25, -0.2) is 0 Å². The first-order valence-corrected chi connectivity index (χ1v) is 5.58. The second-order valence-corrected chi connectivity index (χ2v) is 4.08. The van der Waals surface area contributed by atoms with Crippen molar-refractivity contribution in [2.75, 3.05) is 0 Å². The molecule has 0 aliphatic heterocycles. The molecule has 0 aromatic carbocycles. The first-order chi connectivity index (χ1) is 6.52. The highest BCUT2D eigenvalue weighted by molar-refractivity contribution is 5.81. The van der Waals surface area contributed by atoms with Crippen LogP contribution in [0.2, 0.25) is 0 Å². The first kappa shape index (κ1) is 13.4. The van der Waals surface area contributed by atoms with Gasteiger partial charge >= 0.3 is 0 Å². The van der Waals surface area contributed by atoms with Gasteiger partial charge in [0.15, 0.2) is 0 Å². The summed E-state index contributed by atoms with van der Waals surface area (Å²) in [6, 6.07) is -0.123. The Labute approximate surface area is 87.4 Å². The fourth-order valence-corrected chi connectivity index (χ4v) is 1.27. The summed E-state index contributed by atoms with van der Waals surface area (Å²) in [5, 5.41) is 2.95. The molecule has 0 aromatic heterocycles. The van der Waals surface area contributed by atoms with Crippen LogP contribution in [0.1, 0.15) is 47.0 Å². The lowest BCUT2D eigenvalue weighted by Crippen LogP contribution is -2.46. The summed E-state index contributed by atoms with van der Waals surface area (Å²) in [4.78, 5) is 11.5. The molecule has 0 aliphatic carbocycles. The number of hydrogen-bond donors (Lipinski definition) is 2. The van der Waals surface area contributed by atoms with Crippen LogP contribution in [0.5, 0.6) is 0 Å². The summed E-state index contributed by atoms with van der Waals surface area (Å²) in [6.07, 6.45) is 2.79. The molecule has 3 nitrogen and oxygen atoms in total. The van der Waals surface area contributed by atoms with Crippen LogP contribution in [0.25, 0.3) is 0 Å². The molecule has 0 bridgehead atoms. The molecule has 3 atom stereocenters. The van der Waals surface area contributed by atoms with Crippen molar-refractivity contribution in [3.05, 3.63) is 0 Å². The van der Waals surface area contributed by atoms with Crippen LogP contribution < -0.4 is 11.1 Å². The van der Waals surface area contributed by atoms with Crippen molar-refractivity contribution < 1.29 is 4.79 Å². The molecule has 2 unspecified atom stereocenters. The highest BCUT2D eigenvalue weighted by Gasteiger charge is 2.17. The van der Waals surface area contributed by atoms with E-state index in [0.29, 0.717) is 5.92 Å². The Kier molecular flexibility index (Phi) is 6.54. The summed E-state index contributed by atoms with van der Waals surface area (Å²) in [5.74, 6) is 0.493. The van der Waals surface area contributed by atoms with Gasteiger partial charge in [-0.15, -0.1) is 0 Å². The quantitative estimate of drug-likeness (QED) is 0.685. The van der Waals surface area contributed by atoms with Gasteiger partial charge in [-0.3, -0.25) is 4.79 Å². The molecule has 3 heteroatoms. The predicted octanol–water partition coefficient (Wildman–Crippen LogP) is 1.66. The van der Waals surface area contributed by atoms with Gasteiger partial charge in [-0.1, -0.05) is 33.6 Å². The zero-order valence-corrected chi connectivity index (χ0v) is 9.84. The lowest BCUT2D eigenvalue weighted by atomic mass is 10.0. The summed E-state index contributed by atoms with van der Waals surface area (Å²) in [6.45, 7) is 8.32. The number of amides is 1. The maximum absolute atomic E-state index is 11.5. The molecule has 14 heavy (non-hydrogen) atoms. The average Bonchev–Trinajstić information content (AvgIpc) is 2.16. The average molecular weight is 200 g/mol. The molecular weight excluding hydrogens is 176 g/mol. The first-order valence-electron chi connectivity index (χ1n) is 5.58. The van der Waals surface area contributed by atoms with Crippen LogP contribution in [-0.2, 0) is 4.79 Å². The Bertz CT molecular complexity index is 171. The van der Waals surface area contributed by atoms with Crippen LogP contribution in [0.15, 0.2) is 0 Å². The molecule has 0 rings (SSSR count). The molecule has 3 N–H and O–H groups in total. The molecule has 0 heterocycles. The van der Waals surface area contributed by atoms with Gasteiger partial charge in [0.2, 0.25) is 5.91 Å². The van der Waals surface area contributed by atoms with Crippen molar-refractivity contribution in [1.29, 1.82) is 0 Å². The second kappa shape index (κ2) is 6.82. The van der Waals surface area contributed by atoms with Gasteiger partial charge in [-0.2, -0.15) is 0 Å². The van der Waals surface area contributed by atoms with E-state index in [-0.39, 0.29) is 18.0 Å². The SMILES string of the molecule is CCC[C@H](N)C(=O)NC(C)C(C)CC. The van der Waals surface area contributed by atoms with Gasteiger partial charge in [0.05, 0.1) is 6.04 Å². The van der Waals surface area contributed by atoms with E-state index in [1.54, 1.807) is 0 Å². The normalized spacial score (nSPS) is 17.2. The molecule has 84 valence electrons. The summed E-state index contributed by atoms with van der Waals surface area (Å²) in [7, 11) is 0. The summed E-state index contributed by atoms with van der Waals surface area (Å²) in [5.41, 5.74) is 5.71. The van der Waals surface area contributed by atoms with Crippen LogP contribution in [0.4, 0.5) is 0 Å². The molecule has 1 amide bonds. The molecule has 0 fully saturated rings. The molecule has 0 spiro atoms. The van der Waals surface area contributed by atoms with Crippen molar-refractivity contribution in [3.8, 4) is 0 Å². The maximum Gasteiger partial charge on any atom is 0.237 e. The zero-order valence-electron chi connectivity index (χ0n) is 9.84. The highest BCUT2D eigenvalue weighted by atomic mass is 16.2. The topological polar surface area (TPSA) is 55.1 Å². The predicted molar refractivity (Wildman–Crippen MR) is 59.9 cm³/mol. The Morgan fingerprint density at radius 2 is 1.93 bits per heavy atom. The molecule has 0 saturated carbocycles. The van der Waals surface area contributed by atoms with E-state index in [0.717, 1.165) is 19.3 Å². The number of hydrogen-bond acceptors (Lipinski definition) is 2. The Balaban J connectivity index is 3.92. The molecule has 0 aromatic rings. The summed E-state index contributed by atoms with van der Waals surface area (Å²) < 4.78 is 0. The van der Waals surface area contributed by atoms with Crippen molar-refractivity contribution in [2.45, 2.75) is 59.0 Å². The third-order valence-corrected chi connectivity index (χ3v) is 2.80. The zero-order chi connectivity index (χ0) is 11.1. The maximum atomic E-state index is 11.5. The monoisotopic (exact) mass is 200 g/mol. The highest BCUT2D eigenvalue weighted by Crippen LogP contribution is 2.06. The fraction of sp³-hybridized carbons (Fsp3) is 0.909. The van der Waals surface area contributed by atoms with E-state index >= 15 is 0 Å².